The van der Waals surface area contributed by atoms with Crippen LogP contribution in [0.2, 0.25) is 0 Å². The number of aromatic nitrogens is 2. The smallest absolute Gasteiger partial charge is 0.387 e. The van der Waals surface area contributed by atoms with Crippen molar-refractivity contribution in [3.8, 4) is 11.5 Å². The molecule has 2 rings (SSSR count). The highest BCUT2D eigenvalue weighted by molar-refractivity contribution is 5.90. The van der Waals surface area contributed by atoms with Gasteiger partial charge in [0, 0.05) is 17.4 Å². The average molecular weight is 375 g/mol. The first-order valence-electron chi connectivity index (χ1n) is 7.64. The first kappa shape index (κ1) is 19.5. The molecule has 1 aromatic heterocycles. The molecule has 1 N–H and O–H groups in total. The van der Waals surface area contributed by atoms with Crippen molar-refractivity contribution in [1.82, 2.24) is 9.78 Å². The van der Waals surface area contributed by atoms with E-state index in [9.17, 15) is 22.4 Å². The maximum atomic E-state index is 12.6. The molecule has 1 amide bonds. The van der Waals surface area contributed by atoms with Gasteiger partial charge < -0.3 is 14.8 Å². The lowest BCUT2D eigenvalue weighted by Crippen LogP contribution is -2.20. The van der Waals surface area contributed by atoms with Crippen molar-refractivity contribution in [2.75, 3.05) is 11.9 Å². The normalized spacial score (nSPS) is 11.1. The van der Waals surface area contributed by atoms with Gasteiger partial charge in [-0.25, -0.2) is 8.78 Å². The van der Waals surface area contributed by atoms with Crippen LogP contribution >= 0.6 is 0 Å². The summed E-state index contributed by atoms with van der Waals surface area (Å²) >= 11 is 0. The molecule has 142 valence electrons. The minimum absolute atomic E-state index is 0.0425. The molecule has 1 heterocycles. The molecule has 0 fully saturated rings. The second-order valence-corrected chi connectivity index (χ2v) is 5.19. The fourth-order valence-electron chi connectivity index (χ4n) is 2.19. The molecule has 6 nitrogen and oxygen atoms in total. The third-order valence-corrected chi connectivity index (χ3v) is 3.26. The molecule has 0 aliphatic heterocycles. The molecular formula is C16H17F4N3O3. The van der Waals surface area contributed by atoms with Gasteiger partial charge in [0.25, 0.3) is 6.43 Å². The number of alkyl halides is 4. The molecule has 0 bridgehead atoms. The molecular weight excluding hydrogens is 358 g/mol. The van der Waals surface area contributed by atoms with Crippen LogP contribution in [0.4, 0.5) is 23.2 Å². The van der Waals surface area contributed by atoms with E-state index in [0.29, 0.717) is 5.69 Å². The number of halogens is 4. The highest BCUT2D eigenvalue weighted by Crippen LogP contribution is 2.31. The van der Waals surface area contributed by atoms with Crippen LogP contribution in [0, 0.1) is 6.92 Å². The first-order chi connectivity index (χ1) is 12.3. The second kappa shape index (κ2) is 8.54. The number of carbonyl (C=O) groups excluding carboxylic acids is 1. The summed E-state index contributed by atoms with van der Waals surface area (Å²) in [4.78, 5) is 12.1. The summed E-state index contributed by atoms with van der Waals surface area (Å²) in [6.45, 7) is 0.132. The Morgan fingerprint density at radius 1 is 1.23 bits per heavy atom. The van der Waals surface area contributed by atoms with Crippen molar-refractivity contribution in [1.29, 1.82) is 0 Å². The van der Waals surface area contributed by atoms with Gasteiger partial charge in [-0.2, -0.15) is 13.9 Å². The fourth-order valence-corrected chi connectivity index (χ4v) is 2.19. The second-order valence-electron chi connectivity index (χ2n) is 5.19. The Morgan fingerprint density at radius 2 is 1.96 bits per heavy atom. The van der Waals surface area contributed by atoms with Crippen molar-refractivity contribution in [2.24, 2.45) is 0 Å². The Hall–Kier alpha value is -2.78. The van der Waals surface area contributed by atoms with Gasteiger partial charge in [-0.3, -0.25) is 9.48 Å². The summed E-state index contributed by atoms with van der Waals surface area (Å²) in [6, 6.07) is 5.13. The highest BCUT2D eigenvalue weighted by atomic mass is 19.3. The number of nitrogens with zero attached hydrogens (tertiary/aromatic N) is 2. The van der Waals surface area contributed by atoms with E-state index in [2.05, 4.69) is 15.2 Å². The highest BCUT2D eigenvalue weighted by Gasteiger charge is 2.16. The summed E-state index contributed by atoms with van der Waals surface area (Å²) < 4.78 is 60.7. The van der Waals surface area contributed by atoms with Gasteiger partial charge in [0.1, 0.15) is 12.2 Å². The molecule has 1 aromatic carbocycles. The Labute approximate surface area is 146 Å². The van der Waals surface area contributed by atoms with Crippen LogP contribution in [-0.4, -0.2) is 28.9 Å². The summed E-state index contributed by atoms with van der Waals surface area (Å²) in [5.41, 5.74) is 0.271. The molecule has 0 saturated carbocycles. The van der Waals surface area contributed by atoms with Crippen LogP contribution < -0.4 is 14.8 Å². The topological polar surface area (TPSA) is 65.4 Å². The van der Waals surface area contributed by atoms with Crippen molar-refractivity contribution in [3.05, 3.63) is 35.7 Å². The van der Waals surface area contributed by atoms with E-state index < -0.39 is 24.6 Å². The van der Waals surface area contributed by atoms with E-state index in [1.807, 2.05) is 0 Å². The van der Waals surface area contributed by atoms with Crippen molar-refractivity contribution in [2.45, 2.75) is 33.4 Å². The quantitative estimate of drug-likeness (QED) is 0.714. The molecule has 26 heavy (non-hydrogen) atoms. The number of anilines is 1. The zero-order chi connectivity index (χ0) is 19.3. The molecule has 0 atom stereocenters. The summed E-state index contributed by atoms with van der Waals surface area (Å²) in [7, 11) is 0. The maximum absolute atomic E-state index is 12.6. The summed E-state index contributed by atoms with van der Waals surface area (Å²) in [5.74, 6) is -0.646. The largest absolute Gasteiger partial charge is 0.490 e. The van der Waals surface area contributed by atoms with Gasteiger partial charge in [-0.1, -0.05) is 0 Å². The van der Waals surface area contributed by atoms with Crippen molar-refractivity contribution >= 4 is 11.6 Å². The average Bonchev–Trinajstić information content (AvgIpc) is 2.91. The Bertz CT molecular complexity index is 765. The minimum Gasteiger partial charge on any atom is -0.490 e. The van der Waals surface area contributed by atoms with Gasteiger partial charge in [0.15, 0.2) is 11.5 Å². The Morgan fingerprint density at radius 3 is 2.54 bits per heavy atom. The molecule has 0 spiro atoms. The lowest BCUT2D eigenvalue weighted by molar-refractivity contribution is -0.117. The van der Waals surface area contributed by atoms with E-state index in [-0.39, 0.29) is 30.3 Å². The molecule has 0 aliphatic rings. The van der Waals surface area contributed by atoms with E-state index in [1.165, 1.54) is 24.3 Å². The van der Waals surface area contributed by atoms with Crippen molar-refractivity contribution in [3.63, 3.8) is 0 Å². The molecule has 0 radical (unpaired) electrons. The summed E-state index contributed by atoms with van der Waals surface area (Å²) in [5, 5.41) is 6.19. The van der Waals surface area contributed by atoms with Gasteiger partial charge in [-0.15, -0.1) is 0 Å². The fraction of sp³-hybridized carbons (Fsp3) is 0.375. The Balaban J connectivity index is 2.09. The number of benzene rings is 1. The van der Waals surface area contributed by atoms with Gasteiger partial charge in [0.2, 0.25) is 5.91 Å². The summed E-state index contributed by atoms with van der Waals surface area (Å²) in [6.07, 6.45) is -2.73. The van der Waals surface area contributed by atoms with Crippen LogP contribution in [0.25, 0.3) is 0 Å². The number of nitrogens with one attached hydrogen (secondary N) is 1. The number of hydrogen-bond donors (Lipinski definition) is 1. The lowest BCUT2D eigenvalue weighted by Gasteiger charge is -2.13. The lowest BCUT2D eigenvalue weighted by atomic mass is 10.2. The van der Waals surface area contributed by atoms with Crippen LogP contribution in [0.15, 0.2) is 24.3 Å². The SMILES string of the molecule is CCOc1cc(NC(=O)Cn2nc(C(F)F)cc2C)ccc1OC(F)F. The first-order valence-corrected chi connectivity index (χ1v) is 7.64. The van der Waals surface area contributed by atoms with Crippen LogP contribution in [0.1, 0.15) is 24.7 Å². The zero-order valence-electron chi connectivity index (χ0n) is 14.0. The Kier molecular flexibility index (Phi) is 6.42. The van der Waals surface area contributed by atoms with E-state index in [0.717, 1.165) is 4.68 Å². The van der Waals surface area contributed by atoms with Crippen LogP contribution in [0.3, 0.4) is 0 Å². The predicted molar refractivity (Wildman–Crippen MR) is 84.8 cm³/mol. The van der Waals surface area contributed by atoms with Gasteiger partial charge >= 0.3 is 6.61 Å². The van der Waals surface area contributed by atoms with E-state index >= 15 is 0 Å². The third-order valence-electron chi connectivity index (χ3n) is 3.26. The van der Waals surface area contributed by atoms with Crippen LogP contribution in [0.5, 0.6) is 11.5 Å². The standard InChI is InChI=1S/C16H17F4N3O3/c1-3-25-13-7-10(4-5-12(13)26-16(19)20)21-14(24)8-23-9(2)6-11(22-23)15(17)18/h4-7,15-16H,3,8H2,1-2H3,(H,21,24). The van der Waals surface area contributed by atoms with E-state index in [4.69, 9.17) is 4.74 Å². The zero-order valence-corrected chi connectivity index (χ0v) is 14.0. The molecule has 0 unspecified atom stereocenters. The number of amides is 1. The molecule has 0 aliphatic carbocycles. The number of hydrogen-bond acceptors (Lipinski definition) is 4. The van der Waals surface area contributed by atoms with Gasteiger partial charge in [0.05, 0.1) is 6.61 Å². The number of aryl methyl sites for hydroxylation is 1. The van der Waals surface area contributed by atoms with E-state index in [1.54, 1.807) is 13.8 Å². The number of rotatable bonds is 8. The molecule has 0 saturated heterocycles. The van der Waals surface area contributed by atoms with Crippen molar-refractivity contribution < 1.29 is 31.8 Å². The molecule has 2 aromatic rings. The number of carbonyl (C=O) groups is 1. The third kappa shape index (κ3) is 5.11. The maximum Gasteiger partial charge on any atom is 0.387 e. The minimum atomic E-state index is -3.01. The van der Waals surface area contributed by atoms with Crippen LogP contribution in [-0.2, 0) is 11.3 Å². The molecule has 10 heteroatoms. The monoisotopic (exact) mass is 375 g/mol. The van der Waals surface area contributed by atoms with Gasteiger partial charge in [-0.05, 0) is 32.0 Å². The predicted octanol–water partition coefficient (Wildman–Crippen LogP) is 3.77. The number of ether oxygens (including phenoxy) is 2.